The number of aromatic nitrogens is 3. The van der Waals surface area contributed by atoms with Gasteiger partial charge in [-0.3, -0.25) is 4.98 Å². The number of hydrogen-bond acceptors (Lipinski definition) is 6. The quantitative estimate of drug-likeness (QED) is 0.854. The predicted octanol–water partition coefficient (Wildman–Crippen LogP) is 1.57. The van der Waals surface area contributed by atoms with Gasteiger partial charge in [0, 0.05) is 45.1 Å². The smallest absolute Gasteiger partial charge is 0.147 e. The molecule has 0 unspecified atom stereocenters. The molecule has 0 spiro atoms. The number of piperazine rings is 1. The second-order valence-corrected chi connectivity index (χ2v) is 6.26. The van der Waals surface area contributed by atoms with Crippen LogP contribution in [0.1, 0.15) is 11.3 Å². The van der Waals surface area contributed by atoms with Crippen LogP contribution in [0.15, 0.2) is 30.7 Å². The topological polar surface area (TPSA) is 48.4 Å². The highest BCUT2D eigenvalue weighted by molar-refractivity contribution is 5.44. The molecule has 6 heteroatoms. The van der Waals surface area contributed by atoms with Crippen LogP contribution in [0.5, 0.6) is 0 Å². The van der Waals surface area contributed by atoms with Crippen LogP contribution in [0, 0.1) is 6.92 Å². The summed E-state index contributed by atoms with van der Waals surface area (Å²) < 4.78 is 0. The molecule has 0 saturated carbocycles. The molecule has 2 aromatic rings. The number of rotatable bonds is 4. The average molecular weight is 312 g/mol. The maximum Gasteiger partial charge on any atom is 0.147 e. The van der Waals surface area contributed by atoms with Crippen LogP contribution in [0.3, 0.4) is 0 Å². The molecule has 122 valence electrons. The van der Waals surface area contributed by atoms with Crippen LogP contribution >= 0.6 is 0 Å². The first-order valence-electron chi connectivity index (χ1n) is 8.00. The van der Waals surface area contributed by atoms with Crippen molar-refractivity contribution in [2.45, 2.75) is 13.5 Å². The van der Waals surface area contributed by atoms with Gasteiger partial charge in [0.25, 0.3) is 0 Å². The molecular weight excluding hydrogens is 288 g/mol. The van der Waals surface area contributed by atoms with Gasteiger partial charge in [0.05, 0.1) is 11.9 Å². The first-order valence-corrected chi connectivity index (χ1v) is 8.00. The molecule has 0 radical (unpaired) electrons. The molecule has 6 nitrogen and oxygen atoms in total. The minimum Gasteiger partial charge on any atom is -0.353 e. The normalized spacial score (nSPS) is 15.3. The van der Waals surface area contributed by atoms with Gasteiger partial charge in [0.1, 0.15) is 11.6 Å². The van der Waals surface area contributed by atoms with Crippen molar-refractivity contribution in [1.29, 1.82) is 0 Å². The van der Waals surface area contributed by atoms with Crippen molar-refractivity contribution >= 4 is 11.6 Å². The summed E-state index contributed by atoms with van der Waals surface area (Å²) in [5.74, 6) is 2.03. The summed E-state index contributed by atoms with van der Waals surface area (Å²) in [6, 6.07) is 4.29. The number of anilines is 2. The standard InChI is InChI=1S/C17H24N6/c1-14-10-18-12-17(20-14)23-8-6-22(7-9-23)16-5-4-15(11-19-16)13-21(2)3/h4-5,10-12H,6-9,13H2,1-3H3. The molecule has 0 aromatic carbocycles. The third kappa shape index (κ3) is 3.96. The van der Waals surface area contributed by atoms with Crippen LogP contribution in [-0.2, 0) is 6.54 Å². The third-order valence-corrected chi connectivity index (χ3v) is 3.98. The predicted molar refractivity (Wildman–Crippen MR) is 92.8 cm³/mol. The van der Waals surface area contributed by atoms with E-state index in [-0.39, 0.29) is 0 Å². The zero-order chi connectivity index (χ0) is 16.2. The molecule has 0 aliphatic carbocycles. The highest BCUT2D eigenvalue weighted by Crippen LogP contribution is 2.17. The third-order valence-electron chi connectivity index (χ3n) is 3.98. The Labute approximate surface area is 137 Å². The van der Waals surface area contributed by atoms with Gasteiger partial charge in [-0.1, -0.05) is 6.07 Å². The van der Waals surface area contributed by atoms with E-state index in [1.165, 1.54) is 5.56 Å². The Balaban J connectivity index is 1.60. The van der Waals surface area contributed by atoms with Gasteiger partial charge in [-0.05, 0) is 32.6 Å². The van der Waals surface area contributed by atoms with Gasteiger partial charge < -0.3 is 14.7 Å². The average Bonchev–Trinajstić information content (AvgIpc) is 2.55. The second kappa shape index (κ2) is 6.91. The summed E-state index contributed by atoms with van der Waals surface area (Å²) in [6.07, 6.45) is 5.61. The Hall–Kier alpha value is -2.21. The van der Waals surface area contributed by atoms with E-state index in [0.29, 0.717) is 0 Å². The summed E-state index contributed by atoms with van der Waals surface area (Å²) in [5, 5.41) is 0. The van der Waals surface area contributed by atoms with Crippen LogP contribution in [-0.4, -0.2) is 60.1 Å². The van der Waals surface area contributed by atoms with Gasteiger partial charge in [-0.2, -0.15) is 0 Å². The van der Waals surface area contributed by atoms with Gasteiger partial charge >= 0.3 is 0 Å². The van der Waals surface area contributed by atoms with Gasteiger partial charge in [-0.15, -0.1) is 0 Å². The maximum atomic E-state index is 4.62. The molecule has 3 heterocycles. The van der Waals surface area contributed by atoms with E-state index >= 15 is 0 Å². The van der Waals surface area contributed by atoms with Crippen molar-refractivity contribution in [1.82, 2.24) is 19.9 Å². The first kappa shape index (κ1) is 15.7. The van der Waals surface area contributed by atoms with E-state index in [1.807, 2.05) is 19.3 Å². The zero-order valence-corrected chi connectivity index (χ0v) is 14.1. The van der Waals surface area contributed by atoms with Crippen molar-refractivity contribution in [2.24, 2.45) is 0 Å². The fourth-order valence-electron chi connectivity index (χ4n) is 2.83. The molecule has 0 atom stereocenters. The molecule has 1 saturated heterocycles. The minimum absolute atomic E-state index is 0.924. The number of pyridine rings is 1. The van der Waals surface area contributed by atoms with Crippen molar-refractivity contribution in [2.75, 3.05) is 50.1 Å². The van der Waals surface area contributed by atoms with Crippen LogP contribution in [0.25, 0.3) is 0 Å². The lowest BCUT2D eigenvalue weighted by Crippen LogP contribution is -2.47. The molecular formula is C17H24N6. The SMILES string of the molecule is Cc1cncc(N2CCN(c3ccc(CN(C)C)cn3)CC2)n1. The molecule has 3 rings (SSSR count). The van der Waals surface area contributed by atoms with Crippen molar-refractivity contribution in [3.8, 4) is 0 Å². The minimum atomic E-state index is 0.924. The summed E-state index contributed by atoms with van der Waals surface area (Å²) >= 11 is 0. The van der Waals surface area contributed by atoms with Crippen LogP contribution in [0.4, 0.5) is 11.6 Å². The number of aryl methyl sites for hydroxylation is 1. The van der Waals surface area contributed by atoms with Gasteiger partial charge in [0.15, 0.2) is 0 Å². The van der Waals surface area contributed by atoms with E-state index < -0.39 is 0 Å². The van der Waals surface area contributed by atoms with E-state index in [4.69, 9.17) is 0 Å². The van der Waals surface area contributed by atoms with Gasteiger partial charge in [0.2, 0.25) is 0 Å². The second-order valence-electron chi connectivity index (χ2n) is 6.26. The molecule has 0 N–H and O–H groups in total. The fourth-order valence-corrected chi connectivity index (χ4v) is 2.83. The van der Waals surface area contributed by atoms with Crippen LogP contribution < -0.4 is 9.80 Å². The van der Waals surface area contributed by atoms with Crippen molar-refractivity contribution in [3.63, 3.8) is 0 Å². The number of hydrogen-bond donors (Lipinski definition) is 0. The Bertz CT molecular complexity index is 632. The largest absolute Gasteiger partial charge is 0.353 e. The monoisotopic (exact) mass is 312 g/mol. The van der Waals surface area contributed by atoms with Gasteiger partial charge in [-0.25, -0.2) is 9.97 Å². The maximum absolute atomic E-state index is 4.62. The summed E-state index contributed by atoms with van der Waals surface area (Å²) in [7, 11) is 4.14. The molecule has 0 bridgehead atoms. The van der Waals surface area contributed by atoms with E-state index in [0.717, 1.165) is 50.1 Å². The van der Waals surface area contributed by atoms with E-state index in [9.17, 15) is 0 Å². The Morgan fingerprint density at radius 2 is 1.65 bits per heavy atom. The fraction of sp³-hybridized carbons (Fsp3) is 0.471. The molecule has 1 aliphatic heterocycles. The highest BCUT2D eigenvalue weighted by Gasteiger charge is 2.19. The Kier molecular flexibility index (Phi) is 4.71. The Morgan fingerprint density at radius 3 is 2.22 bits per heavy atom. The molecule has 2 aromatic heterocycles. The molecule has 0 amide bonds. The lowest BCUT2D eigenvalue weighted by molar-refractivity contribution is 0.402. The first-order chi connectivity index (χ1) is 11.1. The summed E-state index contributed by atoms with van der Waals surface area (Å²) in [5.41, 5.74) is 2.20. The van der Waals surface area contributed by atoms with Crippen molar-refractivity contribution < 1.29 is 0 Å². The molecule has 1 fully saturated rings. The van der Waals surface area contributed by atoms with Crippen molar-refractivity contribution in [3.05, 3.63) is 42.0 Å². The Morgan fingerprint density at radius 1 is 0.957 bits per heavy atom. The summed E-state index contributed by atoms with van der Waals surface area (Å²) in [6.45, 7) is 6.70. The highest BCUT2D eigenvalue weighted by atomic mass is 15.3. The van der Waals surface area contributed by atoms with E-state index in [1.54, 1.807) is 6.20 Å². The number of nitrogens with zero attached hydrogens (tertiary/aromatic N) is 6. The zero-order valence-electron chi connectivity index (χ0n) is 14.1. The summed E-state index contributed by atoms with van der Waals surface area (Å²) in [4.78, 5) is 20.2. The molecule has 23 heavy (non-hydrogen) atoms. The molecule has 1 aliphatic rings. The van der Waals surface area contributed by atoms with Crippen LogP contribution in [0.2, 0.25) is 0 Å². The lowest BCUT2D eigenvalue weighted by atomic mass is 10.2. The lowest BCUT2D eigenvalue weighted by Gasteiger charge is -2.36. The van der Waals surface area contributed by atoms with E-state index in [2.05, 4.69) is 55.9 Å².